The summed E-state index contributed by atoms with van der Waals surface area (Å²) in [6.45, 7) is 6.53. The number of cyclic esters (lactones) is 1. The summed E-state index contributed by atoms with van der Waals surface area (Å²) in [5.41, 5.74) is -3.45. The first-order valence-electron chi connectivity index (χ1n) is 20.9. The van der Waals surface area contributed by atoms with Crippen LogP contribution in [0.25, 0.3) is 0 Å². The highest BCUT2D eigenvalue weighted by Crippen LogP contribution is 2.63. The van der Waals surface area contributed by atoms with Crippen molar-refractivity contribution in [1.29, 1.82) is 0 Å². The van der Waals surface area contributed by atoms with Crippen LogP contribution in [-0.4, -0.2) is 112 Å². The van der Waals surface area contributed by atoms with Crippen LogP contribution in [0.5, 0.6) is 0 Å². The number of aromatic amines is 1. The molecule has 9 N–H and O–H groups in total. The second-order valence-electron chi connectivity index (χ2n) is 18.0. The zero-order chi connectivity index (χ0) is 47.3. The lowest BCUT2D eigenvalue weighted by Gasteiger charge is -2.51. The molecule has 8 bridgehead atoms. The molecule has 2 fully saturated rings. The zero-order valence-electron chi connectivity index (χ0n) is 35.8. The van der Waals surface area contributed by atoms with Gasteiger partial charge < -0.3 is 50.8 Å². The molecule has 6 rings (SSSR count). The van der Waals surface area contributed by atoms with Crippen molar-refractivity contribution in [3.63, 3.8) is 0 Å². The fraction of sp³-hybridized carbons (Fsp3) is 0.545. The predicted molar refractivity (Wildman–Crippen MR) is 221 cm³/mol. The first-order valence-corrected chi connectivity index (χ1v) is 20.9. The van der Waals surface area contributed by atoms with Crippen molar-refractivity contribution in [2.75, 3.05) is 0 Å². The molecule has 20 heteroatoms. The van der Waals surface area contributed by atoms with Crippen molar-refractivity contribution in [2.24, 2.45) is 32.1 Å². The molecule has 5 aliphatic heterocycles. The Morgan fingerprint density at radius 3 is 1.92 bits per heavy atom. The van der Waals surface area contributed by atoms with E-state index in [0.717, 1.165) is 0 Å². The van der Waals surface area contributed by atoms with E-state index in [4.69, 9.17) is 14.7 Å². The van der Waals surface area contributed by atoms with E-state index in [0.29, 0.717) is 22.5 Å². The number of carbonyl (C=O) groups excluding carboxylic acids is 1. The molecule has 2 saturated heterocycles. The van der Waals surface area contributed by atoms with Crippen LogP contribution in [0.2, 0.25) is 0 Å². The van der Waals surface area contributed by atoms with Crippen LogP contribution in [0.4, 0.5) is 0 Å². The van der Waals surface area contributed by atoms with Crippen LogP contribution in [0.1, 0.15) is 114 Å². The predicted octanol–water partition coefficient (Wildman–Crippen LogP) is 3.92. The van der Waals surface area contributed by atoms with Crippen molar-refractivity contribution in [2.45, 2.75) is 129 Å². The topological polar surface area (TPSA) is 340 Å². The van der Waals surface area contributed by atoms with Crippen molar-refractivity contribution >= 4 is 59.2 Å². The van der Waals surface area contributed by atoms with Gasteiger partial charge >= 0.3 is 47.8 Å². The number of fused-ring (bicyclic) bond motifs is 5. The number of rotatable bonds is 18. The van der Waals surface area contributed by atoms with E-state index in [9.17, 15) is 74.1 Å². The highest BCUT2D eigenvalue weighted by atomic mass is 16.5. The molecule has 1 aromatic heterocycles. The molecule has 0 aliphatic carbocycles. The first kappa shape index (κ1) is 46.9. The average Bonchev–Trinajstić information content (AvgIpc) is 3.78. The quantitative estimate of drug-likeness (QED) is 0.0943. The Bertz CT molecular complexity index is 2420. The van der Waals surface area contributed by atoms with E-state index in [2.05, 4.69) is 10.3 Å². The Kier molecular flexibility index (Phi) is 12.6. The van der Waals surface area contributed by atoms with Gasteiger partial charge in [-0.05, 0) is 67.9 Å². The number of carboxylic acids is 7. The molecule has 1 unspecified atom stereocenters. The third-order valence-corrected chi connectivity index (χ3v) is 14.1. The molecule has 1 spiro atoms. The smallest absolute Gasteiger partial charge is 0.307 e. The molecule has 0 saturated carbocycles. The lowest BCUT2D eigenvalue weighted by Crippen LogP contribution is -2.64. The third-order valence-electron chi connectivity index (χ3n) is 14.1. The summed E-state index contributed by atoms with van der Waals surface area (Å²) in [6, 6.07) is 0. The molecule has 6 atom stereocenters. The van der Waals surface area contributed by atoms with Crippen LogP contribution in [-0.2, 0) is 68.8 Å². The summed E-state index contributed by atoms with van der Waals surface area (Å²) in [4.78, 5) is 114. The Morgan fingerprint density at radius 2 is 1.33 bits per heavy atom. The number of nitrogens with one attached hydrogen (secondary N) is 2. The number of carboxylic acid groups (broad SMARTS) is 7. The summed E-state index contributed by atoms with van der Waals surface area (Å²) >= 11 is 0. The number of hydrogen-bond donors (Lipinski definition) is 9. The van der Waals surface area contributed by atoms with Crippen LogP contribution in [0, 0.1) is 22.2 Å². The summed E-state index contributed by atoms with van der Waals surface area (Å²) < 4.78 is 5.97. The van der Waals surface area contributed by atoms with Gasteiger partial charge in [-0.1, -0.05) is 13.8 Å². The number of allylic oxidation sites excluding steroid dienone is 4. The number of nitrogens with zero attached hydrogens (tertiary/aromatic N) is 2. The number of aliphatic imine (C=N–C) groups is 2. The molecule has 1 aromatic rings. The second kappa shape index (κ2) is 17.2. The molecular formula is C44H52N4O16. The van der Waals surface area contributed by atoms with E-state index in [1.54, 1.807) is 33.8 Å². The fourth-order valence-corrected chi connectivity index (χ4v) is 11.0. The second-order valence-corrected chi connectivity index (χ2v) is 18.0. The lowest BCUT2D eigenvalue weighted by atomic mass is 9.57. The van der Waals surface area contributed by atoms with Gasteiger partial charge in [0.2, 0.25) is 0 Å². The van der Waals surface area contributed by atoms with Gasteiger partial charge in [0.25, 0.3) is 0 Å². The highest BCUT2D eigenvalue weighted by molar-refractivity contribution is 6.07. The standard InChI is InChI=1S/C44H52N4O16/c1-20-44-40-25(14-37(59)60)41(2,12-11-35(55)56)30(47-40)16-27-21(5-8-32(49)50)22(13-36(57)58)26(45-27)15-28-23(6-9-33(51)52)42(3,18-38(61)62)31(46-28)17-29(48-44)24(7-10-34(53)54)43(44,4)19-39(63)64-20/h17,20,24,45,48H,5-16,18-19H2,1-4H3,(H,49,50)(H,51,52)(H,53,54)(H,55,56)(H,57,58)(H,59,60)(H,61,62)/b29-17-/t20?,24-,41-,42+,43+,44+/m1/s1. The number of aliphatic carboxylic acids is 7. The monoisotopic (exact) mass is 892 g/mol. The van der Waals surface area contributed by atoms with Gasteiger partial charge in [0.1, 0.15) is 11.6 Å². The minimum atomic E-state index is -1.65. The number of hydrogen-bond acceptors (Lipinski definition) is 12. The molecule has 6 heterocycles. The Balaban J connectivity index is 1.79. The minimum Gasteiger partial charge on any atom is -0.481 e. The summed E-state index contributed by atoms with van der Waals surface area (Å²) in [7, 11) is 0. The van der Waals surface area contributed by atoms with Gasteiger partial charge in [-0.25, -0.2) is 0 Å². The molecular weight excluding hydrogens is 840 g/mol. The number of H-pyrrole nitrogens is 1. The molecule has 20 nitrogen and oxygen atoms in total. The largest absolute Gasteiger partial charge is 0.481 e. The van der Waals surface area contributed by atoms with E-state index in [1.807, 2.05) is 0 Å². The number of aromatic nitrogens is 1. The SMILES string of the molecule is CC1OC(=O)C[C@@]2(C)[C@H](CCC(=O)O)/C3=C/C4=NC(=C(CCC(=O)O)[C@]4(C)CC(=O)O)Cc4[nH]c(c(CCC(=O)O)c4CC(=O)O)CC4=NC(=C(CC(=O)O)[C@@]4(C)CCC(=O)O)[C@@]12N3. The summed E-state index contributed by atoms with van der Waals surface area (Å²) in [5, 5.41) is 74.4. The van der Waals surface area contributed by atoms with E-state index < -0.39 is 127 Å². The van der Waals surface area contributed by atoms with Gasteiger partial charge in [-0.3, -0.25) is 48.3 Å². The molecule has 0 radical (unpaired) electrons. The van der Waals surface area contributed by atoms with Crippen molar-refractivity contribution < 1.29 is 78.8 Å². The third kappa shape index (κ3) is 8.32. The minimum absolute atomic E-state index is 0.0922. The summed E-state index contributed by atoms with van der Waals surface area (Å²) in [6.07, 6.45) is -4.60. The van der Waals surface area contributed by atoms with Gasteiger partial charge in [-0.15, -0.1) is 0 Å². The van der Waals surface area contributed by atoms with Gasteiger partial charge in [0.05, 0.1) is 37.1 Å². The Labute approximate surface area is 365 Å². The van der Waals surface area contributed by atoms with Crippen molar-refractivity contribution in [3.05, 3.63) is 56.8 Å². The van der Waals surface area contributed by atoms with Crippen LogP contribution < -0.4 is 5.32 Å². The van der Waals surface area contributed by atoms with Gasteiger partial charge in [0.15, 0.2) is 0 Å². The molecule has 0 amide bonds. The van der Waals surface area contributed by atoms with E-state index >= 15 is 0 Å². The lowest BCUT2D eigenvalue weighted by molar-refractivity contribution is -0.170. The number of esters is 1. The van der Waals surface area contributed by atoms with Gasteiger partial charge in [0, 0.05) is 89.2 Å². The maximum atomic E-state index is 13.6. The van der Waals surface area contributed by atoms with Crippen LogP contribution in [0.3, 0.4) is 0 Å². The molecule has 344 valence electrons. The normalized spacial score (nSPS) is 29.0. The van der Waals surface area contributed by atoms with E-state index in [1.165, 1.54) is 0 Å². The molecule has 64 heavy (non-hydrogen) atoms. The van der Waals surface area contributed by atoms with E-state index in [-0.39, 0.29) is 84.6 Å². The molecule has 0 aromatic carbocycles. The van der Waals surface area contributed by atoms with Crippen molar-refractivity contribution in [3.8, 4) is 0 Å². The Hall–Kier alpha value is -6.60. The number of carbonyl (C=O) groups is 8. The first-order chi connectivity index (χ1) is 29.9. The van der Waals surface area contributed by atoms with Crippen LogP contribution >= 0.6 is 0 Å². The van der Waals surface area contributed by atoms with Crippen molar-refractivity contribution in [1.82, 2.24) is 10.3 Å². The Morgan fingerprint density at radius 1 is 0.719 bits per heavy atom. The zero-order valence-corrected chi connectivity index (χ0v) is 35.8. The highest BCUT2D eigenvalue weighted by Gasteiger charge is 2.69. The molecule has 5 aliphatic rings. The van der Waals surface area contributed by atoms with Crippen LogP contribution in [0.15, 0.2) is 44.3 Å². The number of ether oxygens (including phenoxy) is 1. The summed E-state index contributed by atoms with van der Waals surface area (Å²) in [5.74, 6) is -10.1. The maximum absolute atomic E-state index is 13.6. The maximum Gasteiger partial charge on any atom is 0.307 e. The fourth-order valence-electron chi connectivity index (χ4n) is 11.0. The average molecular weight is 893 g/mol. The van der Waals surface area contributed by atoms with Gasteiger partial charge in [-0.2, -0.15) is 0 Å².